The fourth-order valence-electron chi connectivity index (χ4n) is 3.62. The summed E-state index contributed by atoms with van der Waals surface area (Å²) in [4.78, 5) is 0.276. The highest BCUT2D eigenvalue weighted by Crippen LogP contribution is 2.29. The minimum atomic E-state index is -3.55. The van der Waals surface area contributed by atoms with E-state index < -0.39 is 10.0 Å². The molecule has 0 aliphatic heterocycles. The van der Waals surface area contributed by atoms with Crippen molar-refractivity contribution < 1.29 is 8.42 Å². The Balaban J connectivity index is 1.80. The van der Waals surface area contributed by atoms with Gasteiger partial charge in [-0.1, -0.05) is 49.6 Å². The summed E-state index contributed by atoms with van der Waals surface area (Å²) in [5, 5.41) is 10.0. The molecule has 0 atom stereocenters. The Morgan fingerprint density at radius 2 is 1.69 bits per heavy atom. The number of rotatable bonds is 10. The molecule has 0 radical (unpaired) electrons. The number of benzene rings is 2. The van der Waals surface area contributed by atoms with Crippen molar-refractivity contribution in [3.05, 3.63) is 54.1 Å². The Bertz CT molecular complexity index is 866. The highest BCUT2D eigenvalue weighted by Gasteiger charge is 2.18. The molecule has 7 heteroatoms. The summed E-state index contributed by atoms with van der Waals surface area (Å²) in [6, 6.07) is 15.9. The van der Waals surface area contributed by atoms with Crippen LogP contribution in [0, 0.1) is 0 Å². The van der Waals surface area contributed by atoms with Gasteiger partial charge in [0, 0.05) is 25.7 Å². The van der Waals surface area contributed by atoms with Gasteiger partial charge < -0.3 is 16.0 Å². The smallest absolute Gasteiger partial charge is 0.240 e. The van der Waals surface area contributed by atoms with Crippen LogP contribution in [0.3, 0.4) is 0 Å². The first-order valence-corrected chi connectivity index (χ1v) is 11.9. The van der Waals surface area contributed by atoms with Crippen LogP contribution in [0.2, 0.25) is 0 Å². The molecule has 1 aliphatic rings. The molecule has 4 N–H and O–H groups in total. The lowest BCUT2D eigenvalue weighted by molar-refractivity contribution is 0.463. The Morgan fingerprint density at radius 3 is 2.41 bits per heavy atom. The Hall–Kier alpha value is -2.09. The molecule has 29 heavy (non-hydrogen) atoms. The molecule has 158 valence electrons. The van der Waals surface area contributed by atoms with Gasteiger partial charge in [0.15, 0.2) is 0 Å². The van der Waals surface area contributed by atoms with Crippen molar-refractivity contribution in [2.45, 2.75) is 49.6 Å². The molecule has 0 spiro atoms. The molecule has 2 aromatic carbocycles. The molecule has 0 aromatic heterocycles. The fraction of sp³-hybridized carbons (Fsp3) is 0.455. The van der Waals surface area contributed by atoms with Crippen LogP contribution >= 0.6 is 0 Å². The van der Waals surface area contributed by atoms with Crippen LogP contribution in [-0.4, -0.2) is 34.6 Å². The van der Waals surface area contributed by atoms with Crippen LogP contribution in [-0.2, 0) is 16.6 Å². The van der Waals surface area contributed by atoms with Crippen LogP contribution < -0.4 is 20.7 Å². The maximum absolute atomic E-state index is 12.6. The number of sulfonamides is 1. The Kier molecular flexibility index (Phi) is 7.91. The van der Waals surface area contributed by atoms with E-state index in [1.807, 2.05) is 24.3 Å². The molecule has 6 nitrogen and oxygen atoms in total. The minimum absolute atomic E-state index is 0.276. The Morgan fingerprint density at radius 1 is 0.931 bits per heavy atom. The first-order chi connectivity index (χ1) is 14.1. The van der Waals surface area contributed by atoms with Gasteiger partial charge >= 0.3 is 0 Å². The highest BCUT2D eigenvalue weighted by atomic mass is 32.2. The quantitative estimate of drug-likeness (QED) is 0.446. The van der Waals surface area contributed by atoms with E-state index in [0.717, 1.165) is 29.8 Å². The molecule has 1 aliphatic carbocycles. The van der Waals surface area contributed by atoms with Crippen molar-refractivity contribution in [1.82, 2.24) is 10.0 Å². The normalized spacial score (nSPS) is 15.2. The second kappa shape index (κ2) is 10.6. The first kappa shape index (κ1) is 21.6. The summed E-state index contributed by atoms with van der Waals surface area (Å²) in [5.41, 5.74) is 2.93. The standard InChI is InChI=1S/C22H32N4O2S/c1-23-14-15-25-29(27,28)20-12-13-21(26-19-10-6-3-7-11-19)22(16-20)24-17-18-8-4-2-5-9-18/h2,4-5,8-9,12-13,16,19,23-26H,3,6-7,10-11,14-15,17H2,1H3. The summed E-state index contributed by atoms with van der Waals surface area (Å²) in [5.74, 6) is 0. The van der Waals surface area contributed by atoms with E-state index in [1.54, 1.807) is 19.2 Å². The predicted molar refractivity (Wildman–Crippen MR) is 120 cm³/mol. The number of hydrogen-bond donors (Lipinski definition) is 4. The van der Waals surface area contributed by atoms with Gasteiger partial charge in [0.05, 0.1) is 16.3 Å². The third-order valence-corrected chi connectivity index (χ3v) is 6.72. The van der Waals surface area contributed by atoms with Gasteiger partial charge in [-0.05, 0) is 43.7 Å². The predicted octanol–water partition coefficient (Wildman–Crippen LogP) is 3.54. The molecular weight excluding hydrogens is 384 g/mol. The van der Waals surface area contributed by atoms with Crippen molar-refractivity contribution in [3.8, 4) is 0 Å². The maximum atomic E-state index is 12.6. The lowest BCUT2D eigenvalue weighted by Gasteiger charge is -2.25. The molecule has 1 saturated carbocycles. The molecule has 0 amide bonds. The van der Waals surface area contributed by atoms with Gasteiger partial charge in [-0.2, -0.15) is 0 Å². The van der Waals surface area contributed by atoms with E-state index >= 15 is 0 Å². The zero-order chi connectivity index (χ0) is 20.5. The SMILES string of the molecule is CNCCNS(=O)(=O)c1ccc(NC2CCCCC2)c(NCc2ccccc2)c1. The van der Waals surface area contributed by atoms with E-state index in [0.29, 0.717) is 25.7 Å². The lowest BCUT2D eigenvalue weighted by Crippen LogP contribution is -2.30. The average Bonchev–Trinajstić information content (AvgIpc) is 2.74. The van der Waals surface area contributed by atoms with Crippen molar-refractivity contribution in [2.75, 3.05) is 30.8 Å². The van der Waals surface area contributed by atoms with E-state index in [2.05, 4.69) is 32.8 Å². The van der Waals surface area contributed by atoms with Crippen LogP contribution in [0.1, 0.15) is 37.7 Å². The number of nitrogens with one attached hydrogen (secondary N) is 4. The number of anilines is 2. The van der Waals surface area contributed by atoms with Gasteiger partial charge in [-0.15, -0.1) is 0 Å². The molecule has 2 aromatic rings. The van der Waals surface area contributed by atoms with Gasteiger partial charge in [-0.25, -0.2) is 13.1 Å². The molecule has 0 heterocycles. The fourth-order valence-corrected chi connectivity index (χ4v) is 4.67. The van der Waals surface area contributed by atoms with Gasteiger partial charge in [0.2, 0.25) is 10.0 Å². The first-order valence-electron chi connectivity index (χ1n) is 10.4. The topological polar surface area (TPSA) is 82.3 Å². The number of hydrogen-bond acceptors (Lipinski definition) is 5. The van der Waals surface area contributed by atoms with Crippen molar-refractivity contribution >= 4 is 21.4 Å². The third kappa shape index (κ3) is 6.45. The number of likely N-dealkylation sites (N-methyl/N-ethyl adjacent to an activating group) is 1. The van der Waals surface area contributed by atoms with Crippen LogP contribution in [0.5, 0.6) is 0 Å². The van der Waals surface area contributed by atoms with Gasteiger partial charge in [-0.3, -0.25) is 0 Å². The highest BCUT2D eigenvalue weighted by molar-refractivity contribution is 7.89. The van der Waals surface area contributed by atoms with E-state index in [1.165, 1.54) is 19.3 Å². The van der Waals surface area contributed by atoms with Crippen molar-refractivity contribution in [2.24, 2.45) is 0 Å². The second-order valence-electron chi connectivity index (χ2n) is 7.53. The van der Waals surface area contributed by atoms with Crippen molar-refractivity contribution in [1.29, 1.82) is 0 Å². The van der Waals surface area contributed by atoms with Crippen LogP contribution in [0.4, 0.5) is 11.4 Å². The molecule has 0 saturated heterocycles. The Labute approximate surface area is 174 Å². The summed E-state index contributed by atoms with van der Waals surface area (Å²) >= 11 is 0. The molecular formula is C22H32N4O2S. The summed E-state index contributed by atoms with van der Waals surface area (Å²) in [7, 11) is -1.75. The molecule has 0 bridgehead atoms. The van der Waals surface area contributed by atoms with Crippen LogP contribution in [0.15, 0.2) is 53.4 Å². The van der Waals surface area contributed by atoms with Gasteiger partial charge in [0.25, 0.3) is 0 Å². The zero-order valence-electron chi connectivity index (χ0n) is 17.1. The van der Waals surface area contributed by atoms with Crippen LogP contribution in [0.25, 0.3) is 0 Å². The maximum Gasteiger partial charge on any atom is 0.240 e. The average molecular weight is 417 g/mol. The van der Waals surface area contributed by atoms with E-state index in [4.69, 9.17) is 0 Å². The second-order valence-corrected chi connectivity index (χ2v) is 9.29. The van der Waals surface area contributed by atoms with E-state index in [-0.39, 0.29) is 4.90 Å². The van der Waals surface area contributed by atoms with E-state index in [9.17, 15) is 8.42 Å². The zero-order valence-corrected chi connectivity index (χ0v) is 17.9. The monoisotopic (exact) mass is 416 g/mol. The summed E-state index contributed by atoms with van der Waals surface area (Å²) in [6.07, 6.45) is 6.10. The summed E-state index contributed by atoms with van der Waals surface area (Å²) < 4.78 is 27.9. The third-order valence-electron chi connectivity index (χ3n) is 5.26. The molecule has 1 fully saturated rings. The molecule has 3 rings (SSSR count). The minimum Gasteiger partial charge on any atom is -0.381 e. The van der Waals surface area contributed by atoms with Gasteiger partial charge in [0.1, 0.15) is 0 Å². The largest absolute Gasteiger partial charge is 0.381 e. The molecule has 0 unspecified atom stereocenters. The van der Waals surface area contributed by atoms with Crippen molar-refractivity contribution in [3.63, 3.8) is 0 Å². The summed E-state index contributed by atoms with van der Waals surface area (Å²) in [6.45, 7) is 1.57. The lowest BCUT2D eigenvalue weighted by atomic mass is 9.95.